The Kier molecular flexibility index (Phi) is 4.94. The van der Waals surface area contributed by atoms with E-state index in [2.05, 4.69) is 25.1 Å². The summed E-state index contributed by atoms with van der Waals surface area (Å²) in [5.74, 6) is -1.18. The molecule has 104 valence electrons. The molecule has 2 aromatic rings. The Balaban J connectivity index is 2.08. The van der Waals surface area contributed by atoms with Gasteiger partial charge in [-0.25, -0.2) is 0 Å². The van der Waals surface area contributed by atoms with Crippen LogP contribution in [-0.4, -0.2) is 11.1 Å². The molecular weight excluding hydrogens is 248 g/mol. The minimum absolute atomic E-state index is 0.429. The lowest BCUT2D eigenvalue weighted by molar-refractivity contribution is -0.138. The molecule has 1 atom stereocenters. The van der Waals surface area contributed by atoms with Gasteiger partial charge in [0.1, 0.15) is 0 Å². The van der Waals surface area contributed by atoms with E-state index < -0.39 is 11.9 Å². The molecule has 0 saturated heterocycles. The Morgan fingerprint density at radius 3 is 2.40 bits per heavy atom. The Hall–Kier alpha value is -2.09. The average molecular weight is 268 g/mol. The molecule has 2 aromatic carbocycles. The maximum absolute atomic E-state index is 11.4. The topological polar surface area (TPSA) is 37.3 Å². The number of carboxylic acids is 1. The van der Waals surface area contributed by atoms with Crippen LogP contribution in [-0.2, 0) is 17.6 Å². The Labute approximate surface area is 120 Å². The predicted molar refractivity (Wildman–Crippen MR) is 81.0 cm³/mol. The highest BCUT2D eigenvalue weighted by Gasteiger charge is 2.19. The van der Waals surface area contributed by atoms with Crippen molar-refractivity contribution in [3.63, 3.8) is 0 Å². The van der Waals surface area contributed by atoms with Crippen LogP contribution < -0.4 is 0 Å². The van der Waals surface area contributed by atoms with Gasteiger partial charge in [0.05, 0.1) is 5.92 Å². The number of aryl methyl sites for hydroxylation is 2. The van der Waals surface area contributed by atoms with Crippen LogP contribution in [0.4, 0.5) is 0 Å². The zero-order valence-electron chi connectivity index (χ0n) is 11.8. The lowest BCUT2D eigenvalue weighted by Crippen LogP contribution is -2.12. The largest absolute Gasteiger partial charge is 0.481 e. The summed E-state index contributed by atoms with van der Waals surface area (Å²) < 4.78 is 0. The van der Waals surface area contributed by atoms with E-state index in [0.717, 1.165) is 18.4 Å². The van der Waals surface area contributed by atoms with Crippen molar-refractivity contribution in [2.24, 2.45) is 0 Å². The Bertz CT molecular complexity index is 561. The molecule has 0 saturated carbocycles. The molecule has 0 radical (unpaired) electrons. The van der Waals surface area contributed by atoms with Crippen LogP contribution in [0.25, 0.3) is 0 Å². The molecule has 0 aromatic heterocycles. The third-order valence-corrected chi connectivity index (χ3v) is 3.62. The van der Waals surface area contributed by atoms with Gasteiger partial charge in [-0.1, -0.05) is 61.5 Å². The quantitative estimate of drug-likeness (QED) is 0.858. The average Bonchev–Trinajstić information content (AvgIpc) is 2.48. The summed E-state index contributed by atoms with van der Waals surface area (Å²) >= 11 is 0. The second-order valence-electron chi connectivity index (χ2n) is 5.01. The van der Waals surface area contributed by atoms with Crippen molar-refractivity contribution in [2.45, 2.75) is 32.1 Å². The molecule has 1 N–H and O–H groups in total. The lowest BCUT2D eigenvalue weighted by Gasteiger charge is -2.13. The minimum Gasteiger partial charge on any atom is -0.481 e. The van der Waals surface area contributed by atoms with Crippen LogP contribution in [0.15, 0.2) is 54.6 Å². The van der Waals surface area contributed by atoms with Crippen LogP contribution >= 0.6 is 0 Å². The standard InChI is InChI=1S/C18H20O2/c1-2-14-7-6-8-15(13-14)11-12-17(18(19)20)16-9-4-3-5-10-16/h3-10,13,17H,2,11-12H2,1H3,(H,19,20)/t17-/m0/s1. The number of rotatable bonds is 6. The van der Waals surface area contributed by atoms with Gasteiger partial charge in [0.25, 0.3) is 0 Å². The van der Waals surface area contributed by atoms with Gasteiger partial charge < -0.3 is 5.11 Å². The zero-order valence-corrected chi connectivity index (χ0v) is 11.8. The molecule has 0 unspecified atom stereocenters. The fourth-order valence-corrected chi connectivity index (χ4v) is 2.43. The van der Waals surface area contributed by atoms with Crippen molar-refractivity contribution in [1.29, 1.82) is 0 Å². The molecule has 2 heteroatoms. The van der Waals surface area contributed by atoms with E-state index >= 15 is 0 Å². The molecule has 0 aliphatic rings. The molecule has 2 rings (SSSR count). The number of carboxylic acid groups (broad SMARTS) is 1. The maximum Gasteiger partial charge on any atom is 0.310 e. The number of benzene rings is 2. The Morgan fingerprint density at radius 1 is 1.05 bits per heavy atom. The van der Waals surface area contributed by atoms with Crippen LogP contribution in [0.1, 0.15) is 36.0 Å². The summed E-state index contributed by atoms with van der Waals surface area (Å²) in [5, 5.41) is 9.41. The van der Waals surface area contributed by atoms with E-state index in [0.29, 0.717) is 6.42 Å². The van der Waals surface area contributed by atoms with Crippen molar-refractivity contribution >= 4 is 5.97 Å². The van der Waals surface area contributed by atoms with E-state index in [1.54, 1.807) is 0 Å². The van der Waals surface area contributed by atoms with Gasteiger partial charge in [-0.05, 0) is 36.0 Å². The van der Waals surface area contributed by atoms with Gasteiger partial charge in [-0.3, -0.25) is 4.79 Å². The van der Waals surface area contributed by atoms with E-state index in [4.69, 9.17) is 0 Å². The molecule has 0 aliphatic heterocycles. The summed E-state index contributed by atoms with van der Waals surface area (Å²) in [7, 11) is 0. The summed E-state index contributed by atoms with van der Waals surface area (Å²) in [6.07, 6.45) is 2.43. The first-order valence-electron chi connectivity index (χ1n) is 7.06. The van der Waals surface area contributed by atoms with Crippen LogP contribution in [0, 0.1) is 0 Å². The zero-order chi connectivity index (χ0) is 14.4. The predicted octanol–water partition coefficient (Wildman–Crippen LogP) is 4.05. The second kappa shape index (κ2) is 6.90. The number of aliphatic carboxylic acids is 1. The smallest absolute Gasteiger partial charge is 0.310 e. The summed E-state index contributed by atoms with van der Waals surface area (Å²) in [5.41, 5.74) is 3.40. The van der Waals surface area contributed by atoms with Crippen molar-refractivity contribution < 1.29 is 9.90 Å². The third-order valence-electron chi connectivity index (χ3n) is 3.62. The van der Waals surface area contributed by atoms with E-state index in [-0.39, 0.29) is 0 Å². The third kappa shape index (κ3) is 3.70. The summed E-state index contributed by atoms with van der Waals surface area (Å²) in [6.45, 7) is 2.13. The molecule has 0 heterocycles. The molecule has 20 heavy (non-hydrogen) atoms. The molecule has 0 aliphatic carbocycles. The first-order chi connectivity index (χ1) is 9.70. The number of hydrogen-bond donors (Lipinski definition) is 1. The van der Waals surface area contributed by atoms with E-state index in [1.807, 2.05) is 36.4 Å². The SMILES string of the molecule is CCc1cccc(CC[C@H](C(=O)O)c2ccccc2)c1. The maximum atomic E-state index is 11.4. The molecule has 0 fully saturated rings. The number of hydrogen-bond acceptors (Lipinski definition) is 1. The second-order valence-corrected chi connectivity index (χ2v) is 5.01. The van der Waals surface area contributed by atoms with Crippen LogP contribution in [0.5, 0.6) is 0 Å². The van der Waals surface area contributed by atoms with Crippen LogP contribution in [0.2, 0.25) is 0 Å². The summed E-state index contributed by atoms with van der Waals surface area (Å²) in [6, 6.07) is 17.9. The highest BCUT2D eigenvalue weighted by molar-refractivity contribution is 5.76. The molecule has 0 amide bonds. The highest BCUT2D eigenvalue weighted by atomic mass is 16.4. The van der Waals surface area contributed by atoms with Gasteiger partial charge in [-0.15, -0.1) is 0 Å². The fourth-order valence-electron chi connectivity index (χ4n) is 2.43. The normalized spacial score (nSPS) is 12.1. The molecule has 0 bridgehead atoms. The van der Waals surface area contributed by atoms with Gasteiger partial charge in [0.15, 0.2) is 0 Å². The lowest BCUT2D eigenvalue weighted by atomic mass is 9.92. The fraction of sp³-hybridized carbons (Fsp3) is 0.278. The number of carbonyl (C=O) groups is 1. The first-order valence-corrected chi connectivity index (χ1v) is 7.06. The van der Waals surface area contributed by atoms with Gasteiger partial charge in [-0.2, -0.15) is 0 Å². The van der Waals surface area contributed by atoms with Crippen molar-refractivity contribution in [3.05, 3.63) is 71.3 Å². The van der Waals surface area contributed by atoms with Crippen molar-refractivity contribution in [3.8, 4) is 0 Å². The van der Waals surface area contributed by atoms with E-state index in [9.17, 15) is 9.90 Å². The van der Waals surface area contributed by atoms with E-state index in [1.165, 1.54) is 11.1 Å². The highest BCUT2D eigenvalue weighted by Crippen LogP contribution is 2.22. The van der Waals surface area contributed by atoms with Gasteiger partial charge in [0, 0.05) is 0 Å². The minimum atomic E-state index is -0.747. The van der Waals surface area contributed by atoms with Crippen molar-refractivity contribution in [2.75, 3.05) is 0 Å². The summed E-state index contributed by atoms with van der Waals surface area (Å²) in [4.78, 5) is 11.4. The molecular formula is C18H20O2. The molecule has 0 spiro atoms. The van der Waals surface area contributed by atoms with Gasteiger partial charge in [0.2, 0.25) is 0 Å². The van der Waals surface area contributed by atoms with Crippen molar-refractivity contribution in [1.82, 2.24) is 0 Å². The molecule has 2 nitrogen and oxygen atoms in total. The first kappa shape index (κ1) is 14.3. The van der Waals surface area contributed by atoms with Gasteiger partial charge >= 0.3 is 5.97 Å². The monoisotopic (exact) mass is 268 g/mol. The van der Waals surface area contributed by atoms with Crippen LogP contribution in [0.3, 0.4) is 0 Å². The Morgan fingerprint density at radius 2 is 1.75 bits per heavy atom.